The second-order valence-electron chi connectivity index (χ2n) is 6.29. The molecule has 0 aromatic heterocycles. The van der Waals surface area contributed by atoms with Crippen LogP contribution in [0.15, 0.2) is 11.6 Å². The highest BCUT2D eigenvalue weighted by molar-refractivity contribution is 5.85. The Morgan fingerprint density at radius 1 is 1.20 bits per heavy atom. The monoisotopic (exact) mass is 282 g/mol. The highest BCUT2D eigenvalue weighted by Crippen LogP contribution is 2.42. The van der Waals surface area contributed by atoms with Crippen LogP contribution in [0.2, 0.25) is 0 Å². The number of ether oxygens (including phenoxy) is 1. The van der Waals surface area contributed by atoms with Crippen LogP contribution in [0.25, 0.3) is 0 Å². The zero-order chi connectivity index (χ0) is 14.7. The topological polar surface area (TPSA) is 66.8 Å². The Bertz CT molecular complexity index is 377. The molecule has 2 N–H and O–H groups in total. The zero-order valence-electron chi connectivity index (χ0n) is 12.4. The molecule has 0 aromatic rings. The van der Waals surface area contributed by atoms with Crippen LogP contribution in [-0.4, -0.2) is 34.5 Å². The highest BCUT2D eigenvalue weighted by Gasteiger charge is 2.40. The van der Waals surface area contributed by atoms with Crippen LogP contribution in [0.3, 0.4) is 0 Å². The third-order valence-electron chi connectivity index (χ3n) is 4.80. The predicted octanol–water partition coefficient (Wildman–Crippen LogP) is 2.75. The third kappa shape index (κ3) is 3.61. The molecule has 4 heteroatoms. The lowest BCUT2D eigenvalue weighted by Crippen LogP contribution is -2.43. The number of aliphatic hydroxyl groups excluding tert-OH is 1. The van der Waals surface area contributed by atoms with E-state index in [1.807, 2.05) is 6.92 Å². The first kappa shape index (κ1) is 15.5. The van der Waals surface area contributed by atoms with Crippen molar-refractivity contribution < 1.29 is 19.7 Å². The summed E-state index contributed by atoms with van der Waals surface area (Å²) in [4.78, 5) is 10.8. The molecule has 0 bridgehead atoms. The van der Waals surface area contributed by atoms with E-state index in [-0.39, 0.29) is 18.3 Å². The van der Waals surface area contributed by atoms with Gasteiger partial charge in [-0.2, -0.15) is 0 Å². The summed E-state index contributed by atoms with van der Waals surface area (Å²) >= 11 is 0. The Kier molecular flexibility index (Phi) is 5.22. The Hall–Kier alpha value is -0.870. The summed E-state index contributed by atoms with van der Waals surface area (Å²) in [6.45, 7) is 3.49. The molecule has 0 amide bonds. The van der Waals surface area contributed by atoms with Gasteiger partial charge < -0.3 is 14.9 Å². The first-order chi connectivity index (χ1) is 9.49. The molecule has 5 atom stereocenters. The maximum atomic E-state index is 10.8. The van der Waals surface area contributed by atoms with Crippen molar-refractivity contribution in [3.8, 4) is 0 Å². The number of carboxylic acid groups (broad SMARTS) is 1. The average Bonchev–Trinajstić information content (AvgIpc) is 2.39. The van der Waals surface area contributed by atoms with Crippen LogP contribution in [0, 0.1) is 11.8 Å². The van der Waals surface area contributed by atoms with Gasteiger partial charge in [0.2, 0.25) is 0 Å². The smallest absolute Gasteiger partial charge is 0.331 e. The Balaban J connectivity index is 1.97. The van der Waals surface area contributed by atoms with Crippen molar-refractivity contribution in [2.24, 2.45) is 11.8 Å². The second-order valence-corrected chi connectivity index (χ2v) is 6.29. The van der Waals surface area contributed by atoms with E-state index in [4.69, 9.17) is 9.84 Å². The number of aliphatic hydroxyl groups is 1. The number of hydrogen-bond acceptors (Lipinski definition) is 3. The zero-order valence-corrected chi connectivity index (χ0v) is 12.4. The van der Waals surface area contributed by atoms with Crippen molar-refractivity contribution in [2.75, 3.05) is 0 Å². The van der Waals surface area contributed by atoms with Crippen molar-refractivity contribution in [2.45, 2.75) is 70.7 Å². The van der Waals surface area contributed by atoms with Gasteiger partial charge in [-0.15, -0.1) is 0 Å². The fraction of sp³-hybridized carbons (Fsp3) is 0.812. The fourth-order valence-corrected chi connectivity index (χ4v) is 3.82. The number of rotatable bonds is 4. The summed E-state index contributed by atoms with van der Waals surface area (Å²) < 4.78 is 6.08. The number of fused-ring (bicyclic) bond motifs is 1. The van der Waals surface area contributed by atoms with E-state index in [0.29, 0.717) is 17.4 Å². The van der Waals surface area contributed by atoms with Crippen LogP contribution in [0.4, 0.5) is 0 Å². The molecule has 5 unspecified atom stereocenters. The van der Waals surface area contributed by atoms with Gasteiger partial charge in [-0.25, -0.2) is 4.79 Å². The first-order valence-electron chi connectivity index (χ1n) is 7.74. The van der Waals surface area contributed by atoms with E-state index < -0.39 is 5.97 Å². The summed E-state index contributed by atoms with van der Waals surface area (Å²) in [5.74, 6) is -0.0807. The van der Waals surface area contributed by atoms with Crippen molar-refractivity contribution >= 4 is 5.97 Å². The van der Waals surface area contributed by atoms with E-state index in [1.54, 1.807) is 13.0 Å². The minimum Gasteiger partial charge on any atom is -0.478 e. The molecule has 20 heavy (non-hydrogen) atoms. The lowest BCUT2D eigenvalue weighted by Gasteiger charge is -2.44. The van der Waals surface area contributed by atoms with Gasteiger partial charge >= 0.3 is 5.97 Å². The number of carboxylic acids is 1. The van der Waals surface area contributed by atoms with E-state index >= 15 is 0 Å². The van der Waals surface area contributed by atoms with Crippen molar-refractivity contribution in [3.63, 3.8) is 0 Å². The average molecular weight is 282 g/mol. The largest absolute Gasteiger partial charge is 0.478 e. The molecule has 4 nitrogen and oxygen atoms in total. The normalized spacial score (nSPS) is 36.2. The standard InChI is InChI=1S/C16H26O4/c1-10(16(18)19)9-11(2)20-15-8-4-5-12-13(15)6-3-7-14(12)17/h9,11-15,17H,3-8H2,1-2H3,(H,18,19). The molecule has 2 rings (SSSR count). The second kappa shape index (κ2) is 6.72. The van der Waals surface area contributed by atoms with Crippen LogP contribution in [-0.2, 0) is 9.53 Å². The van der Waals surface area contributed by atoms with Gasteiger partial charge in [0.15, 0.2) is 0 Å². The summed E-state index contributed by atoms with van der Waals surface area (Å²) in [6.07, 6.45) is 7.81. The molecule has 2 fully saturated rings. The van der Waals surface area contributed by atoms with E-state index in [0.717, 1.165) is 38.5 Å². The van der Waals surface area contributed by atoms with Crippen LogP contribution in [0.1, 0.15) is 52.4 Å². The Labute approximate surface area is 120 Å². The molecule has 0 spiro atoms. The van der Waals surface area contributed by atoms with Gasteiger partial charge in [0.1, 0.15) is 0 Å². The molecule has 0 aromatic carbocycles. The summed E-state index contributed by atoms with van der Waals surface area (Å²) in [7, 11) is 0. The number of carbonyl (C=O) groups is 1. The first-order valence-corrected chi connectivity index (χ1v) is 7.74. The van der Waals surface area contributed by atoms with Crippen LogP contribution in [0.5, 0.6) is 0 Å². The molecule has 0 radical (unpaired) electrons. The molecule has 2 aliphatic carbocycles. The van der Waals surface area contributed by atoms with Gasteiger partial charge in [-0.05, 0) is 57.4 Å². The maximum absolute atomic E-state index is 10.8. The lowest BCUT2D eigenvalue weighted by molar-refractivity contribution is -0.132. The van der Waals surface area contributed by atoms with E-state index in [2.05, 4.69) is 0 Å². The van der Waals surface area contributed by atoms with Crippen LogP contribution < -0.4 is 0 Å². The van der Waals surface area contributed by atoms with E-state index in [1.165, 1.54) is 0 Å². The fourth-order valence-electron chi connectivity index (χ4n) is 3.82. The minimum atomic E-state index is -0.893. The molecule has 2 aliphatic rings. The number of aliphatic carboxylic acids is 1. The Morgan fingerprint density at radius 3 is 2.55 bits per heavy atom. The van der Waals surface area contributed by atoms with Crippen molar-refractivity contribution in [3.05, 3.63) is 11.6 Å². The van der Waals surface area contributed by atoms with Gasteiger partial charge in [-0.1, -0.05) is 12.8 Å². The summed E-state index contributed by atoms with van der Waals surface area (Å²) in [5.41, 5.74) is 0.327. The quantitative estimate of drug-likeness (QED) is 0.778. The third-order valence-corrected chi connectivity index (χ3v) is 4.80. The molecule has 2 saturated carbocycles. The molecule has 0 saturated heterocycles. The van der Waals surface area contributed by atoms with Crippen LogP contribution >= 0.6 is 0 Å². The lowest BCUT2D eigenvalue weighted by atomic mass is 9.68. The van der Waals surface area contributed by atoms with Gasteiger partial charge in [0, 0.05) is 5.57 Å². The SMILES string of the molecule is CC(=CC(C)OC1CCCC2C(O)CCCC12)C(=O)O. The summed E-state index contributed by atoms with van der Waals surface area (Å²) in [6, 6.07) is 0. The van der Waals surface area contributed by atoms with Gasteiger partial charge in [0.05, 0.1) is 18.3 Å². The molecular formula is C16H26O4. The molecule has 0 aliphatic heterocycles. The summed E-state index contributed by atoms with van der Waals surface area (Å²) in [5, 5.41) is 19.0. The number of hydrogen-bond donors (Lipinski definition) is 2. The van der Waals surface area contributed by atoms with Gasteiger partial charge in [0.25, 0.3) is 0 Å². The predicted molar refractivity (Wildman–Crippen MR) is 76.4 cm³/mol. The Morgan fingerprint density at radius 2 is 1.85 bits per heavy atom. The van der Waals surface area contributed by atoms with Crippen molar-refractivity contribution in [1.29, 1.82) is 0 Å². The maximum Gasteiger partial charge on any atom is 0.331 e. The minimum absolute atomic E-state index is 0.163. The molecule has 114 valence electrons. The highest BCUT2D eigenvalue weighted by atomic mass is 16.5. The van der Waals surface area contributed by atoms with Gasteiger partial charge in [-0.3, -0.25) is 0 Å². The van der Waals surface area contributed by atoms with Crippen molar-refractivity contribution in [1.82, 2.24) is 0 Å². The molecular weight excluding hydrogens is 256 g/mol. The van der Waals surface area contributed by atoms with E-state index in [9.17, 15) is 9.90 Å². The molecule has 0 heterocycles.